The maximum absolute atomic E-state index is 12.1. The van der Waals surface area contributed by atoms with Gasteiger partial charge >= 0.3 is 5.97 Å². The van der Waals surface area contributed by atoms with E-state index in [1.54, 1.807) is 32.4 Å². The Morgan fingerprint density at radius 1 is 1.27 bits per heavy atom. The van der Waals surface area contributed by atoms with Gasteiger partial charge in [0.05, 0.1) is 39.4 Å². The molecule has 8 nitrogen and oxygen atoms in total. The quantitative estimate of drug-likeness (QED) is 0.229. The summed E-state index contributed by atoms with van der Waals surface area (Å²) >= 11 is 0. The molecule has 0 amide bonds. The largest absolute Gasteiger partial charge is 0.497 e. The van der Waals surface area contributed by atoms with Crippen LogP contribution in [0.2, 0.25) is 0 Å². The number of hydrogen-bond acceptors (Lipinski definition) is 6. The van der Waals surface area contributed by atoms with Crippen molar-refractivity contribution in [3.63, 3.8) is 0 Å². The van der Waals surface area contributed by atoms with Crippen LogP contribution in [0, 0.1) is 5.92 Å². The van der Waals surface area contributed by atoms with Crippen LogP contribution in [0.25, 0.3) is 0 Å². The van der Waals surface area contributed by atoms with Crippen LogP contribution in [0.5, 0.6) is 11.5 Å². The van der Waals surface area contributed by atoms with E-state index in [1.165, 1.54) is 0 Å². The zero-order valence-electron chi connectivity index (χ0n) is 18.2. The first-order valence-corrected chi connectivity index (χ1v) is 10.1. The van der Waals surface area contributed by atoms with E-state index < -0.39 is 6.10 Å². The van der Waals surface area contributed by atoms with Gasteiger partial charge in [-0.05, 0) is 44.4 Å². The van der Waals surface area contributed by atoms with Crippen molar-refractivity contribution in [1.82, 2.24) is 10.2 Å². The summed E-state index contributed by atoms with van der Waals surface area (Å²) in [6.07, 6.45) is 0.906. The second-order valence-electron chi connectivity index (χ2n) is 6.89. The number of rotatable bonds is 8. The molecule has 0 aromatic heterocycles. The number of guanidine groups is 1. The summed E-state index contributed by atoms with van der Waals surface area (Å²) in [5.74, 6) is 1.61. The lowest BCUT2D eigenvalue weighted by Gasteiger charge is -2.34. The number of likely N-dealkylation sites (tertiary alicyclic amines) is 1. The first-order chi connectivity index (χ1) is 14.0. The fourth-order valence-electron chi connectivity index (χ4n) is 3.35. The molecular formula is C21H34IN3O5. The predicted molar refractivity (Wildman–Crippen MR) is 127 cm³/mol. The van der Waals surface area contributed by atoms with Crippen molar-refractivity contribution in [2.75, 3.05) is 47.0 Å². The van der Waals surface area contributed by atoms with Crippen LogP contribution in [-0.4, -0.2) is 68.9 Å². The molecule has 2 N–H and O–H groups in total. The Morgan fingerprint density at radius 2 is 1.93 bits per heavy atom. The van der Waals surface area contributed by atoms with E-state index in [1.807, 2.05) is 13.8 Å². The molecule has 1 aliphatic heterocycles. The van der Waals surface area contributed by atoms with Crippen molar-refractivity contribution in [3.8, 4) is 11.5 Å². The number of nitrogens with one attached hydrogen (secondary N) is 1. The minimum absolute atomic E-state index is 0. The molecule has 2 unspecified atom stereocenters. The van der Waals surface area contributed by atoms with Crippen LogP contribution in [0.15, 0.2) is 23.2 Å². The molecule has 0 spiro atoms. The van der Waals surface area contributed by atoms with Crippen LogP contribution in [0.4, 0.5) is 0 Å². The Hall–Kier alpha value is -1.75. The van der Waals surface area contributed by atoms with E-state index in [0.717, 1.165) is 19.4 Å². The highest BCUT2D eigenvalue weighted by Crippen LogP contribution is 2.26. The standard InChI is InChI=1S/C21H33N3O5.HI/c1-5-22-21(24-9-7-8-15(14-24)20(26)29-6-2)23-13-19(25)16-10-17(27-3)12-18(11-16)28-4;/h10-12,15,19,25H,5-9,13-14H2,1-4H3,(H,22,23);1H. The van der Waals surface area contributed by atoms with Gasteiger partial charge in [0.15, 0.2) is 5.96 Å². The topological polar surface area (TPSA) is 92.6 Å². The van der Waals surface area contributed by atoms with E-state index in [4.69, 9.17) is 14.2 Å². The van der Waals surface area contributed by atoms with E-state index in [0.29, 0.717) is 42.7 Å². The fourth-order valence-corrected chi connectivity index (χ4v) is 3.35. The molecule has 1 fully saturated rings. The van der Waals surface area contributed by atoms with Crippen molar-refractivity contribution in [2.24, 2.45) is 10.9 Å². The van der Waals surface area contributed by atoms with Crippen molar-refractivity contribution in [3.05, 3.63) is 23.8 Å². The Labute approximate surface area is 196 Å². The van der Waals surface area contributed by atoms with Crippen molar-refractivity contribution in [2.45, 2.75) is 32.8 Å². The normalized spacial score (nSPS) is 17.6. The van der Waals surface area contributed by atoms with E-state index in [-0.39, 0.29) is 42.4 Å². The van der Waals surface area contributed by atoms with Crippen LogP contribution >= 0.6 is 24.0 Å². The fraction of sp³-hybridized carbons (Fsp3) is 0.619. The maximum Gasteiger partial charge on any atom is 0.310 e. The van der Waals surface area contributed by atoms with Gasteiger partial charge in [-0.25, -0.2) is 0 Å². The lowest BCUT2D eigenvalue weighted by Crippen LogP contribution is -2.48. The van der Waals surface area contributed by atoms with E-state index in [2.05, 4.69) is 15.2 Å². The highest BCUT2D eigenvalue weighted by Gasteiger charge is 2.28. The van der Waals surface area contributed by atoms with Gasteiger partial charge in [-0.1, -0.05) is 0 Å². The van der Waals surface area contributed by atoms with Gasteiger partial charge in [-0.2, -0.15) is 0 Å². The highest BCUT2D eigenvalue weighted by molar-refractivity contribution is 14.0. The van der Waals surface area contributed by atoms with Gasteiger partial charge in [0, 0.05) is 25.7 Å². The number of aliphatic hydroxyl groups excluding tert-OH is 1. The van der Waals surface area contributed by atoms with Gasteiger partial charge in [0.25, 0.3) is 0 Å². The van der Waals surface area contributed by atoms with Gasteiger partial charge in [0.1, 0.15) is 11.5 Å². The average molecular weight is 535 g/mol. The molecule has 1 aliphatic rings. The lowest BCUT2D eigenvalue weighted by molar-refractivity contribution is -0.149. The molecule has 30 heavy (non-hydrogen) atoms. The molecule has 0 radical (unpaired) electrons. The summed E-state index contributed by atoms with van der Waals surface area (Å²) in [6.45, 7) is 6.45. The van der Waals surface area contributed by atoms with Gasteiger partial charge in [-0.15, -0.1) is 24.0 Å². The number of piperidine rings is 1. The zero-order valence-corrected chi connectivity index (χ0v) is 20.5. The summed E-state index contributed by atoms with van der Waals surface area (Å²) < 4.78 is 15.7. The zero-order chi connectivity index (χ0) is 21.2. The number of methoxy groups -OCH3 is 2. The molecule has 170 valence electrons. The summed E-state index contributed by atoms with van der Waals surface area (Å²) in [5, 5.41) is 13.9. The maximum atomic E-state index is 12.1. The van der Waals surface area contributed by atoms with Crippen LogP contribution < -0.4 is 14.8 Å². The number of halogens is 1. The molecule has 0 bridgehead atoms. The Balaban J connectivity index is 0.00000450. The Morgan fingerprint density at radius 3 is 2.50 bits per heavy atom. The monoisotopic (exact) mass is 535 g/mol. The number of nitrogens with zero attached hydrogens (tertiary/aromatic N) is 2. The summed E-state index contributed by atoms with van der Waals surface area (Å²) in [4.78, 5) is 18.8. The smallest absolute Gasteiger partial charge is 0.310 e. The van der Waals surface area contributed by atoms with E-state index >= 15 is 0 Å². The highest BCUT2D eigenvalue weighted by atomic mass is 127. The number of esters is 1. The molecule has 2 atom stereocenters. The third-order valence-electron chi connectivity index (χ3n) is 4.85. The first-order valence-electron chi connectivity index (χ1n) is 10.1. The molecule has 1 aromatic carbocycles. The van der Waals surface area contributed by atoms with Crippen LogP contribution in [0.3, 0.4) is 0 Å². The second-order valence-corrected chi connectivity index (χ2v) is 6.89. The molecule has 1 heterocycles. The van der Waals surface area contributed by atoms with Crippen molar-refractivity contribution >= 4 is 35.9 Å². The number of ether oxygens (including phenoxy) is 3. The first kappa shape index (κ1) is 26.3. The van der Waals surface area contributed by atoms with Gasteiger partial charge < -0.3 is 29.5 Å². The number of benzene rings is 1. The summed E-state index contributed by atoms with van der Waals surface area (Å²) in [5.41, 5.74) is 0.670. The van der Waals surface area contributed by atoms with Crippen LogP contribution in [0.1, 0.15) is 38.4 Å². The minimum atomic E-state index is -0.807. The predicted octanol–water partition coefficient (Wildman–Crippen LogP) is 2.60. The number of aliphatic hydroxyl groups is 1. The lowest BCUT2D eigenvalue weighted by atomic mass is 9.98. The molecule has 1 saturated heterocycles. The molecule has 0 saturated carbocycles. The molecular weight excluding hydrogens is 501 g/mol. The number of hydrogen-bond donors (Lipinski definition) is 2. The summed E-state index contributed by atoms with van der Waals surface area (Å²) in [7, 11) is 3.14. The van der Waals surface area contributed by atoms with Gasteiger partial charge in [-0.3, -0.25) is 9.79 Å². The molecule has 1 aromatic rings. The average Bonchev–Trinajstić information content (AvgIpc) is 2.76. The SMILES string of the molecule is CCNC(=NCC(O)c1cc(OC)cc(OC)c1)N1CCCC(C(=O)OCC)C1.I. The number of aliphatic imine (C=N–C) groups is 1. The third-order valence-corrected chi connectivity index (χ3v) is 4.85. The number of carbonyl (C=O) groups is 1. The Bertz CT molecular complexity index is 679. The molecule has 0 aliphatic carbocycles. The minimum Gasteiger partial charge on any atom is -0.497 e. The third kappa shape index (κ3) is 7.50. The van der Waals surface area contributed by atoms with Crippen molar-refractivity contribution in [1.29, 1.82) is 0 Å². The molecule has 2 rings (SSSR count). The Kier molecular flexibility index (Phi) is 11.9. The van der Waals surface area contributed by atoms with Crippen LogP contribution in [-0.2, 0) is 9.53 Å². The number of carbonyl (C=O) groups excluding carboxylic acids is 1. The van der Waals surface area contributed by atoms with Crippen molar-refractivity contribution < 1.29 is 24.1 Å². The second kappa shape index (κ2) is 13.5. The van der Waals surface area contributed by atoms with E-state index in [9.17, 15) is 9.90 Å². The summed E-state index contributed by atoms with van der Waals surface area (Å²) in [6, 6.07) is 5.30. The van der Waals surface area contributed by atoms with Gasteiger partial charge in [0.2, 0.25) is 0 Å². The molecule has 9 heteroatoms.